The molecule has 6 nitrogen and oxygen atoms in total. The Morgan fingerprint density at radius 1 is 1.04 bits per heavy atom. The second-order valence-corrected chi connectivity index (χ2v) is 5.26. The topological polar surface area (TPSA) is 83.2 Å². The minimum atomic E-state index is -0.537. The number of urea groups is 1. The lowest BCUT2D eigenvalue weighted by atomic mass is 10.1. The Balaban J connectivity index is 1.85. The van der Waals surface area contributed by atoms with E-state index in [1.165, 1.54) is 13.3 Å². The number of amides is 2. The van der Waals surface area contributed by atoms with Crippen molar-refractivity contribution in [2.24, 2.45) is 0 Å². The third-order valence-corrected chi connectivity index (χ3v) is 3.66. The summed E-state index contributed by atoms with van der Waals surface area (Å²) in [5.74, 6) is -0.537. The molecule has 2 amide bonds. The van der Waals surface area contributed by atoms with Gasteiger partial charge in [-0.05, 0) is 18.2 Å². The Labute approximate surface area is 144 Å². The number of aromatic nitrogens is 1. The summed E-state index contributed by atoms with van der Waals surface area (Å²) in [6, 6.07) is 16.1. The molecule has 1 heterocycles. The standard InChI is InChI=1S/C19H17N3O3/c1-25-18(23)16(15-11-20-17-10-6-5-9-14(15)17)12-21-19(24)22-13-7-3-2-4-8-13/h2-12,20H,1H3,(H2,21,22,24)/b16-12+. The molecule has 6 heteroatoms. The first-order chi connectivity index (χ1) is 12.2. The van der Waals surface area contributed by atoms with Gasteiger partial charge in [-0.1, -0.05) is 36.4 Å². The first-order valence-electron chi connectivity index (χ1n) is 7.66. The maximum absolute atomic E-state index is 12.1. The summed E-state index contributed by atoms with van der Waals surface area (Å²) in [7, 11) is 1.30. The number of nitrogens with one attached hydrogen (secondary N) is 3. The molecule has 0 aliphatic rings. The van der Waals surface area contributed by atoms with Crippen LogP contribution in [0.25, 0.3) is 16.5 Å². The van der Waals surface area contributed by atoms with Crippen molar-refractivity contribution in [1.82, 2.24) is 10.3 Å². The lowest BCUT2D eigenvalue weighted by Crippen LogP contribution is -2.25. The van der Waals surface area contributed by atoms with Crippen LogP contribution >= 0.6 is 0 Å². The van der Waals surface area contributed by atoms with Crippen molar-refractivity contribution in [1.29, 1.82) is 0 Å². The Hall–Kier alpha value is -3.54. The minimum Gasteiger partial charge on any atom is -0.465 e. The number of para-hydroxylation sites is 2. The van der Waals surface area contributed by atoms with Crippen molar-refractivity contribution >= 4 is 34.2 Å². The Morgan fingerprint density at radius 3 is 2.52 bits per heavy atom. The highest BCUT2D eigenvalue weighted by molar-refractivity contribution is 6.20. The van der Waals surface area contributed by atoms with Crippen LogP contribution in [0.1, 0.15) is 5.56 Å². The molecule has 3 rings (SSSR count). The molecule has 0 atom stereocenters. The Kier molecular flexibility index (Phi) is 4.80. The number of H-pyrrole nitrogens is 1. The summed E-state index contributed by atoms with van der Waals surface area (Å²) in [5.41, 5.74) is 2.45. The van der Waals surface area contributed by atoms with Gasteiger partial charge in [0, 0.05) is 34.6 Å². The van der Waals surface area contributed by atoms with E-state index in [0.29, 0.717) is 11.3 Å². The Bertz CT molecular complexity index is 929. The second kappa shape index (κ2) is 7.35. The fraction of sp³-hybridized carbons (Fsp3) is 0.0526. The van der Waals surface area contributed by atoms with Crippen LogP contribution in [0.3, 0.4) is 0 Å². The fourth-order valence-corrected chi connectivity index (χ4v) is 2.48. The van der Waals surface area contributed by atoms with Gasteiger partial charge in [0.15, 0.2) is 0 Å². The summed E-state index contributed by atoms with van der Waals surface area (Å²) in [5, 5.41) is 6.12. The first-order valence-corrected chi connectivity index (χ1v) is 7.66. The number of fused-ring (bicyclic) bond motifs is 1. The van der Waals surface area contributed by atoms with Gasteiger partial charge in [0.05, 0.1) is 12.7 Å². The van der Waals surface area contributed by atoms with Crippen LogP contribution in [-0.2, 0) is 9.53 Å². The molecule has 1 aromatic heterocycles. The van der Waals surface area contributed by atoms with Gasteiger partial charge in [0.2, 0.25) is 0 Å². The molecule has 0 spiro atoms. The number of rotatable bonds is 4. The van der Waals surface area contributed by atoms with Crippen LogP contribution in [0, 0.1) is 0 Å². The highest BCUT2D eigenvalue weighted by atomic mass is 16.5. The number of anilines is 1. The molecule has 3 N–H and O–H groups in total. The highest BCUT2D eigenvalue weighted by Crippen LogP contribution is 2.25. The van der Waals surface area contributed by atoms with Crippen LogP contribution < -0.4 is 10.6 Å². The number of benzene rings is 2. The lowest BCUT2D eigenvalue weighted by molar-refractivity contribution is -0.133. The van der Waals surface area contributed by atoms with Crippen molar-refractivity contribution in [2.45, 2.75) is 0 Å². The van der Waals surface area contributed by atoms with Gasteiger partial charge in [0.1, 0.15) is 0 Å². The number of methoxy groups -OCH3 is 1. The zero-order valence-electron chi connectivity index (χ0n) is 13.6. The van der Waals surface area contributed by atoms with Gasteiger partial charge in [0.25, 0.3) is 0 Å². The molecule has 3 aromatic rings. The molecule has 0 fully saturated rings. The normalized spacial score (nSPS) is 11.2. The summed E-state index contributed by atoms with van der Waals surface area (Å²) in [4.78, 5) is 27.3. The van der Waals surface area contributed by atoms with Gasteiger partial charge in [-0.25, -0.2) is 9.59 Å². The van der Waals surface area contributed by atoms with Crippen LogP contribution in [0.4, 0.5) is 10.5 Å². The second-order valence-electron chi connectivity index (χ2n) is 5.26. The van der Waals surface area contributed by atoms with Crippen LogP contribution in [0.5, 0.6) is 0 Å². The van der Waals surface area contributed by atoms with Crippen molar-refractivity contribution in [3.63, 3.8) is 0 Å². The van der Waals surface area contributed by atoms with Crippen LogP contribution in [-0.4, -0.2) is 24.1 Å². The maximum Gasteiger partial charge on any atom is 0.340 e. The van der Waals surface area contributed by atoms with Crippen molar-refractivity contribution in [3.8, 4) is 0 Å². The highest BCUT2D eigenvalue weighted by Gasteiger charge is 2.17. The largest absolute Gasteiger partial charge is 0.465 e. The minimum absolute atomic E-state index is 0.253. The quantitative estimate of drug-likeness (QED) is 0.504. The number of hydrogen-bond acceptors (Lipinski definition) is 3. The number of carbonyl (C=O) groups is 2. The molecule has 0 aliphatic heterocycles. The van der Waals surface area contributed by atoms with Crippen molar-refractivity contribution in [3.05, 3.63) is 72.6 Å². The predicted molar refractivity (Wildman–Crippen MR) is 96.9 cm³/mol. The number of ether oxygens (including phenoxy) is 1. The Morgan fingerprint density at radius 2 is 1.76 bits per heavy atom. The van der Waals surface area contributed by atoms with E-state index in [0.717, 1.165) is 10.9 Å². The van der Waals surface area contributed by atoms with Crippen molar-refractivity contribution in [2.75, 3.05) is 12.4 Å². The van der Waals surface area contributed by atoms with Gasteiger partial charge in [-0.2, -0.15) is 0 Å². The fourth-order valence-electron chi connectivity index (χ4n) is 2.48. The van der Waals surface area contributed by atoms with E-state index >= 15 is 0 Å². The SMILES string of the molecule is COC(=O)/C(=C/NC(=O)Nc1ccccc1)c1c[nH]c2ccccc12. The van der Waals surface area contributed by atoms with Crippen molar-refractivity contribution < 1.29 is 14.3 Å². The van der Waals surface area contributed by atoms with Gasteiger partial charge >= 0.3 is 12.0 Å². The molecule has 25 heavy (non-hydrogen) atoms. The maximum atomic E-state index is 12.1. The molecule has 0 radical (unpaired) electrons. The summed E-state index contributed by atoms with van der Waals surface area (Å²) < 4.78 is 4.84. The van der Waals surface area contributed by atoms with E-state index in [9.17, 15) is 9.59 Å². The zero-order valence-corrected chi connectivity index (χ0v) is 13.6. The zero-order chi connectivity index (χ0) is 17.6. The molecule has 126 valence electrons. The average molecular weight is 335 g/mol. The summed E-state index contributed by atoms with van der Waals surface area (Å²) in [6.45, 7) is 0. The van der Waals surface area contributed by atoms with Crippen LogP contribution in [0.2, 0.25) is 0 Å². The van der Waals surface area contributed by atoms with E-state index in [-0.39, 0.29) is 5.57 Å². The molecule has 0 saturated heterocycles. The molecule has 2 aromatic carbocycles. The van der Waals surface area contributed by atoms with Gasteiger partial charge in [-0.15, -0.1) is 0 Å². The third-order valence-electron chi connectivity index (χ3n) is 3.66. The summed E-state index contributed by atoms with van der Waals surface area (Å²) in [6.07, 6.45) is 3.06. The number of esters is 1. The molecule has 0 unspecified atom stereocenters. The van der Waals surface area contributed by atoms with E-state index in [2.05, 4.69) is 15.6 Å². The molecule has 0 saturated carbocycles. The van der Waals surface area contributed by atoms with E-state index < -0.39 is 12.0 Å². The number of aromatic amines is 1. The molecular weight excluding hydrogens is 318 g/mol. The third kappa shape index (κ3) is 3.69. The number of hydrogen-bond donors (Lipinski definition) is 3. The van der Waals surface area contributed by atoms with E-state index in [4.69, 9.17) is 4.74 Å². The molecule has 0 bridgehead atoms. The summed E-state index contributed by atoms with van der Waals surface area (Å²) >= 11 is 0. The van der Waals surface area contributed by atoms with Crippen LogP contribution in [0.15, 0.2) is 67.0 Å². The first kappa shape index (κ1) is 16.3. The smallest absolute Gasteiger partial charge is 0.340 e. The van der Waals surface area contributed by atoms with Gasteiger partial charge < -0.3 is 20.4 Å². The van der Waals surface area contributed by atoms with E-state index in [1.54, 1.807) is 18.3 Å². The monoisotopic (exact) mass is 335 g/mol. The molecule has 0 aliphatic carbocycles. The van der Waals surface area contributed by atoms with E-state index in [1.807, 2.05) is 42.5 Å². The predicted octanol–water partition coefficient (Wildman–Crippen LogP) is 3.50. The molecular formula is C19H17N3O3. The average Bonchev–Trinajstić information content (AvgIpc) is 3.06. The van der Waals surface area contributed by atoms with Gasteiger partial charge in [-0.3, -0.25) is 0 Å². The lowest BCUT2D eigenvalue weighted by Gasteiger charge is -2.07. The number of carbonyl (C=O) groups excluding carboxylic acids is 2.